The van der Waals surface area contributed by atoms with Gasteiger partial charge in [0.2, 0.25) is 0 Å². The summed E-state index contributed by atoms with van der Waals surface area (Å²) in [6.45, 7) is 10.6. The van der Waals surface area contributed by atoms with E-state index >= 15 is 0 Å². The molecule has 0 aliphatic carbocycles. The molecule has 6 heteroatoms. The van der Waals surface area contributed by atoms with Crippen LogP contribution in [0.1, 0.15) is 43.2 Å². The van der Waals surface area contributed by atoms with E-state index < -0.39 is 11.9 Å². The lowest BCUT2D eigenvalue weighted by Crippen LogP contribution is -2.30. The maximum Gasteiger partial charge on any atom is 0.414 e. The third-order valence-corrected chi connectivity index (χ3v) is 4.40. The fourth-order valence-electron chi connectivity index (χ4n) is 3.03. The minimum Gasteiger partial charge on any atom is -0.493 e. The van der Waals surface area contributed by atoms with Crippen LogP contribution in [0.15, 0.2) is 30.9 Å². The Morgan fingerprint density at radius 1 is 1.15 bits per heavy atom. The van der Waals surface area contributed by atoms with Gasteiger partial charge in [0.1, 0.15) is 5.75 Å². The fraction of sp³-hybridized carbons (Fsp3) is 0.524. The summed E-state index contributed by atoms with van der Waals surface area (Å²) in [7, 11) is 0. The second-order valence-corrected chi connectivity index (χ2v) is 6.62. The largest absolute Gasteiger partial charge is 0.493 e. The van der Waals surface area contributed by atoms with Crippen molar-refractivity contribution in [3.63, 3.8) is 0 Å². The number of carboxylic acid groups (broad SMARTS) is 2. The second kappa shape index (κ2) is 12.9. The highest BCUT2D eigenvalue weighted by Crippen LogP contribution is 2.24. The molecular formula is C21H31NO5. The van der Waals surface area contributed by atoms with Gasteiger partial charge in [0.05, 0.1) is 6.61 Å². The maximum atomic E-state index is 9.10. The molecule has 0 bridgehead atoms. The molecule has 1 aliphatic rings. The van der Waals surface area contributed by atoms with Gasteiger partial charge < -0.3 is 19.8 Å². The average Bonchev–Trinajstić information content (AvgIpc) is 2.65. The molecule has 0 saturated carbocycles. The van der Waals surface area contributed by atoms with Gasteiger partial charge in [-0.2, -0.15) is 0 Å². The molecule has 150 valence electrons. The lowest BCUT2D eigenvalue weighted by atomic mass is 10.1. The molecule has 1 aromatic carbocycles. The molecule has 6 nitrogen and oxygen atoms in total. The first-order valence-corrected chi connectivity index (χ1v) is 9.46. The number of hydrogen-bond acceptors (Lipinski definition) is 4. The van der Waals surface area contributed by atoms with Gasteiger partial charge in [-0.25, -0.2) is 9.59 Å². The summed E-state index contributed by atoms with van der Waals surface area (Å²) in [6.07, 6.45) is 9.37. The predicted molar refractivity (Wildman–Crippen MR) is 105 cm³/mol. The van der Waals surface area contributed by atoms with E-state index in [1.165, 1.54) is 56.4 Å². The van der Waals surface area contributed by atoms with Crippen molar-refractivity contribution in [2.75, 3.05) is 26.2 Å². The Balaban J connectivity index is 0.000000527. The molecule has 27 heavy (non-hydrogen) atoms. The molecule has 0 atom stereocenters. The van der Waals surface area contributed by atoms with E-state index in [0.29, 0.717) is 0 Å². The Morgan fingerprint density at radius 3 is 2.41 bits per heavy atom. The van der Waals surface area contributed by atoms with Crippen molar-refractivity contribution in [2.24, 2.45) is 0 Å². The molecule has 1 heterocycles. The van der Waals surface area contributed by atoms with Crippen LogP contribution in [0.25, 0.3) is 0 Å². The minimum absolute atomic E-state index is 0.822. The highest BCUT2D eigenvalue weighted by Gasteiger charge is 2.09. The van der Waals surface area contributed by atoms with Gasteiger partial charge in [0, 0.05) is 0 Å². The lowest BCUT2D eigenvalue weighted by Gasteiger charge is -2.26. The van der Waals surface area contributed by atoms with Gasteiger partial charge in [-0.1, -0.05) is 30.7 Å². The van der Waals surface area contributed by atoms with Gasteiger partial charge in [-0.15, -0.1) is 6.58 Å². The molecule has 0 radical (unpaired) electrons. The van der Waals surface area contributed by atoms with Crippen LogP contribution in [-0.2, 0) is 16.0 Å². The number of carbonyl (C=O) groups is 2. The number of likely N-dealkylation sites (tertiary alicyclic amines) is 1. The van der Waals surface area contributed by atoms with E-state index in [4.69, 9.17) is 24.5 Å². The normalized spacial score (nSPS) is 14.0. The highest BCUT2D eigenvalue weighted by molar-refractivity contribution is 6.27. The minimum atomic E-state index is -1.82. The summed E-state index contributed by atoms with van der Waals surface area (Å²) in [5, 5.41) is 14.8. The first-order valence-electron chi connectivity index (χ1n) is 9.46. The van der Waals surface area contributed by atoms with E-state index in [2.05, 4.69) is 36.6 Å². The maximum absolute atomic E-state index is 9.10. The summed E-state index contributed by atoms with van der Waals surface area (Å²) in [6, 6.07) is 6.35. The van der Waals surface area contributed by atoms with Gasteiger partial charge in [0.15, 0.2) is 0 Å². The molecule has 1 aromatic rings. The van der Waals surface area contributed by atoms with Crippen molar-refractivity contribution < 1.29 is 24.5 Å². The number of benzene rings is 1. The molecule has 1 fully saturated rings. The molecule has 2 rings (SSSR count). The van der Waals surface area contributed by atoms with Crippen LogP contribution < -0.4 is 4.74 Å². The SMILES string of the molecule is C=CCc1cccc(C)c1OCCCCN1CCCCC1.O=C(O)C(=O)O. The zero-order valence-electron chi connectivity index (χ0n) is 16.2. The Morgan fingerprint density at radius 2 is 1.81 bits per heavy atom. The molecule has 0 amide bonds. The van der Waals surface area contributed by atoms with Gasteiger partial charge in [0.25, 0.3) is 0 Å². The zero-order chi connectivity index (χ0) is 20.1. The topological polar surface area (TPSA) is 87.1 Å². The molecular weight excluding hydrogens is 346 g/mol. The van der Waals surface area contributed by atoms with Gasteiger partial charge in [-0.3, -0.25) is 0 Å². The quantitative estimate of drug-likeness (QED) is 0.409. The van der Waals surface area contributed by atoms with E-state index in [1.54, 1.807) is 0 Å². The number of unbranched alkanes of at least 4 members (excludes halogenated alkanes) is 1. The summed E-state index contributed by atoms with van der Waals surface area (Å²) in [5.41, 5.74) is 2.48. The molecule has 0 aromatic heterocycles. The van der Waals surface area contributed by atoms with Crippen molar-refractivity contribution in [1.82, 2.24) is 4.90 Å². The smallest absolute Gasteiger partial charge is 0.414 e. The Bertz CT molecular complexity index is 597. The third-order valence-electron chi connectivity index (χ3n) is 4.40. The number of allylic oxidation sites excluding steroid dienone is 1. The summed E-state index contributed by atoms with van der Waals surface area (Å²) in [5.74, 6) is -2.58. The number of aryl methyl sites for hydroxylation is 1. The average molecular weight is 377 g/mol. The zero-order valence-corrected chi connectivity index (χ0v) is 16.2. The van der Waals surface area contributed by atoms with Crippen LogP contribution in [0.2, 0.25) is 0 Å². The van der Waals surface area contributed by atoms with Gasteiger partial charge in [-0.05, 0) is 69.8 Å². The first kappa shape index (κ1) is 22.7. The van der Waals surface area contributed by atoms with Gasteiger partial charge >= 0.3 is 11.9 Å². The molecule has 1 aliphatic heterocycles. The van der Waals surface area contributed by atoms with E-state index in [0.717, 1.165) is 25.2 Å². The number of nitrogens with zero attached hydrogens (tertiary/aromatic N) is 1. The van der Waals surface area contributed by atoms with Crippen LogP contribution >= 0.6 is 0 Å². The van der Waals surface area contributed by atoms with Crippen molar-refractivity contribution in [3.05, 3.63) is 42.0 Å². The standard InChI is InChI=1S/C19H29NO.C2H2O4/c1-3-10-18-12-9-11-17(2)19(18)21-16-8-7-15-20-13-5-4-6-14-20;3-1(4)2(5)6/h3,9,11-12H,1,4-8,10,13-16H2,2H3;(H,3,4)(H,5,6). The van der Waals surface area contributed by atoms with E-state index in [-0.39, 0.29) is 0 Å². The fourth-order valence-corrected chi connectivity index (χ4v) is 3.03. The molecule has 1 saturated heterocycles. The van der Waals surface area contributed by atoms with E-state index in [1.807, 2.05) is 6.08 Å². The number of hydrogen-bond donors (Lipinski definition) is 2. The predicted octanol–water partition coefficient (Wildman–Crippen LogP) is 3.52. The number of ether oxygens (including phenoxy) is 1. The van der Waals surface area contributed by atoms with Crippen LogP contribution in [0.4, 0.5) is 0 Å². The summed E-state index contributed by atoms with van der Waals surface area (Å²) < 4.78 is 6.04. The number of rotatable bonds is 8. The Labute approximate surface area is 161 Å². The first-order chi connectivity index (χ1) is 13.0. The number of aliphatic carboxylic acids is 2. The molecule has 2 N–H and O–H groups in total. The van der Waals surface area contributed by atoms with Crippen LogP contribution in [-0.4, -0.2) is 53.3 Å². The number of para-hydroxylation sites is 1. The van der Waals surface area contributed by atoms with Crippen molar-refractivity contribution in [2.45, 2.75) is 45.4 Å². The van der Waals surface area contributed by atoms with Crippen LogP contribution in [0, 0.1) is 6.92 Å². The highest BCUT2D eigenvalue weighted by atomic mass is 16.5. The lowest BCUT2D eigenvalue weighted by molar-refractivity contribution is -0.159. The summed E-state index contributed by atoms with van der Waals surface area (Å²) >= 11 is 0. The van der Waals surface area contributed by atoms with E-state index in [9.17, 15) is 0 Å². The summed E-state index contributed by atoms with van der Waals surface area (Å²) in [4.78, 5) is 20.8. The van der Waals surface area contributed by atoms with Crippen LogP contribution in [0.5, 0.6) is 5.75 Å². The Hall–Kier alpha value is -2.34. The van der Waals surface area contributed by atoms with Crippen molar-refractivity contribution in [1.29, 1.82) is 0 Å². The second-order valence-electron chi connectivity index (χ2n) is 6.62. The number of piperidine rings is 1. The van der Waals surface area contributed by atoms with Crippen LogP contribution in [0.3, 0.4) is 0 Å². The number of carboxylic acids is 2. The van der Waals surface area contributed by atoms with Crippen molar-refractivity contribution >= 4 is 11.9 Å². The monoisotopic (exact) mass is 377 g/mol. The third kappa shape index (κ3) is 9.24. The Kier molecular flexibility index (Phi) is 10.9. The van der Waals surface area contributed by atoms with Crippen molar-refractivity contribution in [3.8, 4) is 5.75 Å². The molecule has 0 spiro atoms. The molecule has 0 unspecified atom stereocenters.